The molecule has 3 aromatic rings. The molecular weight excluding hydrogens is 410 g/mol. The molecule has 0 saturated heterocycles. The van der Waals surface area contributed by atoms with Gasteiger partial charge in [0, 0.05) is 29.4 Å². The summed E-state index contributed by atoms with van der Waals surface area (Å²) in [5.41, 5.74) is 4.54. The number of amides is 3. The average molecular weight is 434 g/mol. The van der Waals surface area contributed by atoms with Gasteiger partial charge in [0.15, 0.2) is 0 Å². The lowest BCUT2D eigenvalue weighted by Gasteiger charge is -2.25. The topological polar surface area (TPSA) is 61.4 Å². The first-order valence-corrected chi connectivity index (χ1v) is 10.7. The number of rotatable bonds is 5. The Bertz CT molecular complexity index is 1100. The minimum absolute atomic E-state index is 0.120. The fourth-order valence-electron chi connectivity index (χ4n) is 3.80. The van der Waals surface area contributed by atoms with E-state index in [1.807, 2.05) is 67.6 Å². The summed E-state index contributed by atoms with van der Waals surface area (Å²) in [7, 11) is 0. The van der Waals surface area contributed by atoms with Gasteiger partial charge in [0.05, 0.1) is 0 Å². The highest BCUT2D eigenvalue weighted by atomic mass is 35.5. The second-order valence-electron chi connectivity index (χ2n) is 7.67. The van der Waals surface area contributed by atoms with Crippen LogP contribution in [-0.2, 0) is 17.6 Å². The van der Waals surface area contributed by atoms with Crippen molar-refractivity contribution in [3.63, 3.8) is 0 Å². The van der Waals surface area contributed by atoms with Crippen molar-refractivity contribution in [3.8, 4) is 0 Å². The number of fused-ring (bicyclic) bond motifs is 1. The van der Waals surface area contributed by atoms with E-state index in [4.69, 9.17) is 11.6 Å². The maximum Gasteiger partial charge on any atom is 0.319 e. The van der Waals surface area contributed by atoms with Gasteiger partial charge >= 0.3 is 6.03 Å². The summed E-state index contributed by atoms with van der Waals surface area (Å²) in [6, 6.07) is 21.8. The molecule has 1 heterocycles. The van der Waals surface area contributed by atoms with E-state index < -0.39 is 12.1 Å². The van der Waals surface area contributed by atoms with Crippen LogP contribution in [0.1, 0.15) is 16.7 Å². The van der Waals surface area contributed by atoms with Gasteiger partial charge < -0.3 is 15.5 Å². The number of benzene rings is 3. The number of aryl methyl sites for hydroxylation is 1. The summed E-state index contributed by atoms with van der Waals surface area (Å²) in [6.07, 6.45) is 1.22. The third kappa shape index (κ3) is 4.89. The normalized spacial score (nSPS) is 13.4. The Morgan fingerprint density at radius 2 is 1.77 bits per heavy atom. The molecule has 0 unspecified atom stereocenters. The molecule has 6 heteroatoms. The molecule has 2 N–H and O–H groups in total. The van der Waals surface area contributed by atoms with E-state index in [0.29, 0.717) is 23.7 Å². The van der Waals surface area contributed by atoms with Crippen molar-refractivity contribution in [3.05, 3.63) is 94.5 Å². The van der Waals surface area contributed by atoms with Gasteiger partial charge in [-0.15, -0.1) is 0 Å². The van der Waals surface area contributed by atoms with Gasteiger partial charge in [-0.1, -0.05) is 66.2 Å². The summed E-state index contributed by atoms with van der Waals surface area (Å²) >= 11 is 6.16. The molecular formula is C25H24ClN3O2. The monoisotopic (exact) mass is 433 g/mol. The highest BCUT2D eigenvalue weighted by molar-refractivity contribution is 6.31. The van der Waals surface area contributed by atoms with Gasteiger partial charge in [0.1, 0.15) is 6.04 Å². The van der Waals surface area contributed by atoms with E-state index >= 15 is 0 Å². The van der Waals surface area contributed by atoms with Crippen molar-refractivity contribution in [1.82, 2.24) is 5.32 Å². The van der Waals surface area contributed by atoms with Crippen molar-refractivity contribution in [2.75, 3.05) is 16.8 Å². The molecule has 0 aliphatic carbocycles. The Morgan fingerprint density at radius 1 is 1.03 bits per heavy atom. The average Bonchev–Trinajstić information content (AvgIpc) is 3.20. The second kappa shape index (κ2) is 9.23. The third-order valence-corrected chi connectivity index (χ3v) is 5.88. The third-order valence-electron chi connectivity index (χ3n) is 5.47. The first-order chi connectivity index (χ1) is 15.0. The summed E-state index contributed by atoms with van der Waals surface area (Å²) in [6.45, 7) is 2.51. The summed E-state index contributed by atoms with van der Waals surface area (Å²) < 4.78 is 0. The smallest absolute Gasteiger partial charge is 0.319 e. The van der Waals surface area contributed by atoms with E-state index in [-0.39, 0.29) is 5.91 Å². The van der Waals surface area contributed by atoms with Crippen LogP contribution in [0.3, 0.4) is 0 Å². The van der Waals surface area contributed by atoms with Gasteiger partial charge in [0.2, 0.25) is 5.91 Å². The number of carbonyl (C=O) groups is 2. The maximum absolute atomic E-state index is 13.5. The Kier molecular flexibility index (Phi) is 6.23. The zero-order valence-electron chi connectivity index (χ0n) is 17.3. The van der Waals surface area contributed by atoms with Gasteiger partial charge in [-0.25, -0.2) is 4.79 Å². The predicted octanol–water partition coefficient (Wildman–Crippen LogP) is 4.97. The highest BCUT2D eigenvalue weighted by Gasteiger charge is 2.31. The van der Waals surface area contributed by atoms with Gasteiger partial charge in [-0.2, -0.15) is 0 Å². The number of nitrogens with zero attached hydrogens (tertiary/aromatic N) is 1. The van der Waals surface area contributed by atoms with Crippen LogP contribution in [0.25, 0.3) is 0 Å². The second-order valence-corrected chi connectivity index (χ2v) is 8.08. The minimum Gasteiger partial charge on any atom is -0.326 e. The number of hydrogen-bond donors (Lipinski definition) is 2. The lowest BCUT2D eigenvalue weighted by atomic mass is 10.0. The molecule has 0 bridgehead atoms. The number of hydrogen-bond acceptors (Lipinski definition) is 2. The maximum atomic E-state index is 13.5. The molecule has 0 radical (unpaired) electrons. The van der Waals surface area contributed by atoms with E-state index in [0.717, 1.165) is 28.8 Å². The number of halogens is 1. The van der Waals surface area contributed by atoms with E-state index in [9.17, 15) is 9.59 Å². The number of anilines is 2. The fourth-order valence-corrected chi connectivity index (χ4v) is 3.98. The Hall–Kier alpha value is -3.31. The quantitative estimate of drug-likeness (QED) is 0.596. The Labute approximate surface area is 187 Å². The van der Waals surface area contributed by atoms with Crippen LogP contribution in [0.15, 0.2) is 72.8 Å². The van der Waals surface area contributed by atoms with Crippen molar-refractivity contribution in [2.24, 2.45) is 0 Å². The molecule has 0 fully saturated rings. The molecule has 1 atom stereocenters. The number of nitrogens with one attached hydrogen (secondary N) is 2. The van der Waals surface area contributed by atoms with E-state index in [1.165, 1.54) is 0 Å². The lowest BCUT2D eigenvalue weighted by Crippen LogP contribution is -2.50. The first-order valence-electron chi connectivity index (χ1n) is 10.3. The van der Waals surface area contributed by atoms with Gasteiger partial charge in [-0.05, 0) is 48.2 Å². The SMILES string of the molecule is Cc1ccc(NC(=O)N[C@@H](Cc2ccccc2)C(=O)N2CCc3ccccc32)cc1Cl. The number of carbonyl (C=O) groups excluding carboxylic acids is 2. The molecule has 1 aliphatic heterocycles. The number of para-hydroxylation sites is 1. The standard InChI is InChI=1S/C25H24ClN3O2/c1-17-11-12-20(16-21(17)26)27-25(31)28-22(15-18-7-3-2-4-8-18)24(30)29-14-13-19-9-5-6-10-23(19)29/h2-12,16,22H,13-15H2,1H3,(H2,27,28,31)/t22-/m0/s1. The van der Waals surface area contributed by atoms with Crippen molar-refractivity contribution in [1.29, 1.82) is 0 Å². The molecule has 3 aromatic carbocycles. The van der Waals surface area contributed by atoms with Crippen LogP contribution < -0.4 is 15.5 Å². The summed E-state index contributed by atoms with van der Waals surface area (Å²) in [5, 5.41) is 6.23. The molecule has 158 valence electrons. The molecule has 0 spiro atoms. The van der Waals surface area contributed by atoms with Crippen molar-refractivity contribution in [2.45, 2.75) is 25.8 Å². The Morgan fingerprint density at radius 3 is 2.55 bits per heavy atom. The van der Waals surface area contributed by atoms with Crippen LogP contribution in [0.2, 0.25) is 5.02 Å². The minimum atomic E-state index is -0.700. The van der Waals surface area contributed by atoms with Gasteiger partial charge in [0.25, 0.3) is 0 Å². The molecule has 31 heavy (non-hydrogen) atoms. The largest absolute Gasteiger partial charge is 0.326 e. The van der Waals surface area contributed by atoms with E-state index in [2.05, 4.69) is 10.6 Å². The molecule has 4 rings (SSSR count). The molecule has 3 amide bonds. The summed E-state index contributed by atoms with van der Waals surface area (Å²) in [4.78, 5) is 28.0. The molecule has 1 aliphatic rings. The van der Waals surface area contributed by atoms with E-state index in [1.54, 1.807) is 17.0 Å². The van der Waals surface area contributed by atoms with Crippen LogP contribution in [0.5, 0.6) is 0 Å². The molecule has 5 nitrogen and oxygen atoms in total. The van der Waals surface area contributed by atoms with Gasteiger partial charge in [-0.3, -0.25) is 4.79 Å². The lowest BCUT2D eigenvalue weighted by molar-refractivity contribution is -0.120. The van der Waals surface area contributed by atoms with Crippen molar-refractivity contribution < 1.29 is 9.59 Å². The fraction of sp³-hybridized carbons (Fsp3) is 0.200. The van der Waals surface area contributed by atoms with Crippen LogP contribution in [0.4, 0.5) is 16.2 Å². The highest BCUT2D eigenvalue weighted by Crippen LogP contribution is 2.28. The predicted molar refractivity (Wildman–Crippen MR) is 125 cm³/mol. The zero-order valence-corrected chi connectivity index (χ0v) is 18.0. The van der Waals surface area contributed by atoms with Crippen LogP contribution in [-0.4, -0.2) is 24.5 Å². The zero-order chi connectivity index (χ0) is 21.8. The molecule has 0 aromatic heterocycles. The number of urea groups is 1. The first kappa shape index (κ1) is 20.9. The van der Waals surface area contributed by atoms with Crippen LogP contribution >= 0.6 is 11.6 Å². The van der Waals surface area contributed by atoms with Crippen LogP contribution in [0, 0.1) is 6.92 Å². The van der Waals surface area contributed by atoms with Crippen molar-refractivity contribution >= 4 is 34.9 Å². The summed E-state index contributed by atoms with van der Waals surface area (Å²) in [5.74, 6) is -0.120. The molecule has 0 saturated carbocycles. The Balaban J connectivity index is 1.53.